The third kappa shape index (κ3) is 1.39. The number of carbonyl (C=O) groups is 1. The van der Waals surface area contributed by atoms with Gasteiger partial charge in [0.1, 0.15) is 0 Å². The zero-order valence-corrected chi connectivity index (χ0v) is 8.82. The van der Waals surface area contributed by atoms with Crippen LogP contribution in [0.1, 0.15) is 19.3 Å². The number of aliphatic carboxylic acids is 1. The molecule has 2 heterocycles. The first-order valence-electron chi connectivity index (χ1n) is 5.75. The Balaban J connectivity index is 1.61. The lowest BCUT2D eigenvalue weighted by atomic mass is 9.63. The molecule has 1 N–H and O–H groups in total. The molecule has 15 heavy (non-hydrogen) atoms. The predicted molar refractivity (Wildman–Crippen MR) is 53.6 cm³/mol. The van der Waals surface area contributed by atoms with Crippen LogP contribution in [0.4, 0.5) is 0 Å². The average Bonchev–Trinajstić information content (AvgIpc) is 2.47. The molecule has 0 radical (unpaired) electrons. The Morgan fingerprint density at radius 1 is 1.33 bits per heavy atom. The summed E-state index contributed by atoms with van der Waals surface area (Å²) in [6, 6.07) is 0.133. The van der Waals surface area contributed by atoms with Crippen LogP contribution in [0.2, 0.25) is 0 Å². The summed E-state index contributed by atoms with van der Waals surface area (Å²) in [5.41, 5.74) is 0.575. The van der Waals surface area contributed by atoms with Crippen LogP contribution in [0, 0.1) is 11.3 Å². The smallest absolute Gasteiger partial charge is 0.310 e. The van der Waals surface area contributed by atoms with Gasteiger partial charge in [-0.05, 0) is 18.3 Å². The van der Waals surface area contributed by atoms with Gasteiger partial charge in [0.2, 0.25) is 0 Å². The van der Waals surface area contributed by atoms with Crippen LogP contribution >= 0.6 is 0 Å². The quantitative estimate of drug-likeness (QED) is 0.725. The number of ether oxygens (including phenoxy) is 1. The Morgan fingerprint density at radius 3 is 2.60 bits per heavy atom. The van der Waals surface area contributed by atoms with Gasteiger partial charge in [0, 0.05) is 19.1 Å². The van der Waals surface area contributed by atoms with Gasteiger partial charge in [-0.2, -0.15) is 0 Å². The second kappa shape index (κ2) is 3.19. The van der Waals surface area contributed by atoms with E-state index in [1.807, 2.05) is 0 Å². The first kappa shape index (κ1) is 9.60. The van der Waals surface area contributed by atoms with E-state index in [0.717, 1.165) is 13.1 Å². The maximum absolute atomic E-state index is 11.0. The summed E-state index contributed by atoms with van der Waals surface area (Å²) in [7, 11) is 0. The van der Waals surface area contributed by atoms with Crippen LogP contribution in [0.5, 0.6) is 0 Å². The van der Waals surface area contributed by atoms with Gasteiger partial charge >= 0.3 is 5.97 Å². The molecule has 0 aromatic carbocycles. The lowest BCUT2D eigenvalue weighted by Crippen LogP contribution is -2.64. The van der Waals surface area contributed by atoms with E-state index in [1.54, 1.807) is 0 Å². The Bertz CT molecular complexity index is 280. The van der Waals surface area contributed by atoms with E-state index in [1.165, 1.54) is 19.3 Å². The molecule has 2 atom stereocenters. The molecule has 0 aromatic heterocycles. The highest BCUT2D eigenvalue weighted by atomic mass is 16.5. The molecular formula is C11H17NO3. The summed E-state index contributed by atoms with van der Waals surface area (Å²) in [6.45, 7) is 3.20. The number of hydrogen-bond donors (Lipinski definition) is 1. The summed E-state index contributed by atoms with van der Waals surface area (Å²) in [5.74, 6) is -1.01. The number of carboxylic acid groups (broad SMARTS) is 1. The van der Waals surface area contributed by atoms with Crippen molar-refractivity contribution >= 4 is 5.97 Å². The monoisotopic (exact) mass is 211 g/mol. The van der Waals surface area contributed by atoms with Gasteiger partial charge in [-0.1, -0.05) is 6.42 Å². The minimum Gasteiger partial charge on any atom is -0.481 e. The van der Waals surface area contributed by atoms with E-state index in [4.69, 9.17) is 9.84 Å². The molecule has 0 aromatic rings. The largest absolute Gasteiger partial charge is 0.481 e. The highest BCUT2D eigenvalue weighted by molar-refractivity contribution is 5.71. The van der Waals surface area contributed by atoms with E-state index in [9.17, 15) is 4.79 Å². The van der Waals surface area contributed by atoms with Crippen molar-refractivity contribution < 1.29 is 14.6 Å². The van der Waals surface area contributed by atoms with Gasteiger partial charge in [0.15, 0.2) is 0 Å². The van der Waals surface area contributed by atoms with Crippen molar-refractivity contribution in [1.82, 2.24) is 4.90 Å². The van der Waals surface area contributed by atoms with E-state index < -0.39 is 5.97 Å². The van der Waals surface area contributed by atoms with Crippen LogP contribution < -0.4 is 0 Å². The fourth-order valence-electron chi connectivity index (χ4n) is 3.18. The molecule has 0 bridgehead atoms. The van der Waals surface area contributed by atoms with E-state index in [2.05, 4.69) is 4.90 Å². The molecule has 2 aliphatic heterocycles. The lowest BCUT2D eigenvalue weighted by Gasteiger charge is -2.58. The van der Waals surface area contributed by atoms with Crippen LogP contribution in [0.15, 0.2) is 0 Å². The zero-order valence-electron chi connectivity index (χ0n) is 8.82. The number of hydrogen-bond acceptors (Lipinski definition) is 3. The molecule has 2 unspecified atom stereocenters. The van der Waals surface area contributed by atoms with Crippen molar-refractivity contribution in [2.45, 2.75) is 25.3 Å². The van der Waals surface area contributed by atoms with E-state index in [0.29, 0.717) is 18.6 Å². The second-order valence-corrected chi connectivity index (χ2v) is 5.31. The van der Waals surface area contributed by atoms with Gasteiger partial charge in [0.25, 0.3) is 0 Å². The van der Waals surface area contributed by atoms with Gasteiger partial charge in [-0.25, -0.2) is 0 Å². The molecule has 1 aliphatic carbocycles. The average molecular weight is 211 g/mol. The Kier molecular flexibility index (Phi) is 2.04. The van der Waals surface area contributed by atoms with Crippen molar-refractivity contribution in [3.05, 3.63) is 0 Å². The molecule has 3 aliphatic rings. The highest BCUT2D eigenvalue weighted by Crippen LogP contribution is 2.49. The third-order valence-electron chi connectivity index (χ3n) is 4.33. The standard InChI is InChI=1S/C11H17NO3/c13-10(14)8-4-15-5-9(8)12-6-11(7-12)2-1-3-11/h8-9H,1-7H2,(H,13,14). The molecule has 3 rings (SSSR count). The molecule has 1 saturated carbocycles. The Morgan fingerprint density at radius 2 is 2.07 bits per heavy atom. The fraction of sp³-hybridized carbons (Fsp3) is 0.909. The van der Waals surface area contributed by atoms with Crippen LogP contribution in [0.3, 0.4) is 0 Å². The number of rotatable bonds is 2. The molecule has 0 amide bonds. The summed E-state index contributed by atoms with van der Waals surface area (Å²) in [4.78, 5) is 13.3. The summed E-state index contributed by atoms with van der Waals surface area (Å²) in [5, 5.41) is 9.05. The molecular weight excluding hydrogens is 194 g/mol. The minimum atomic E-state index is -0.702. The van der Waals surface area contributed by atoms with Gasteiger partial charge < -0.3 is 9.84 Å². The first-order valence-corrected chi connectivity index (χ1v) is 5.75. The van der Waals surface area contributed by atoms with Crippen LogP contribution in [-0.2, 0) is 9.53 Å². The van der Waals surface area contributed by atoms with Gasteiger partial charge in [-0.3, -0.25) is 9.69 Å². The predicted octanol–water partition coefficient (Wildman–Crippen LogP) is 0.572. The minimum absolute atomic E-state index is 0.133. The number of carboxylic acids is 1. The van der Waals surface area contributed by atoms with Gasteiger partial charge in [0.05, 0.1) is 19.1 Å². The molecule has 2 saturated heterocycles. The van der Waals surface area contributed by atoms with Crippen molar-refractivity contribution in [2.24, 2.45) is 11.3 Å². The van der Waals surface area contributed by atoms with Crippen molar-refractivity contribution in [3.63, 3.8) is 0 Å². The van der Waals surface area contributed by atoms with Crippen molar-refractivity contribution in [2.75, 3.05) is 26.3 Å². The first-order chi connectivity index (χ1) is 7.20. The van der Waals surface area contributed by atoms with E-state index in [-0.39, 0.29) is 12.0 Å². The number of likely N-dealkylation sites (tertiary alicyclic amines) is 1. The van der Waals surface area contributed by atoms with Gasteiger partial charge in [-0.15, -0.1) is 0 Å². The lowest BCUT2D eigenvalue weighted by molar-refractivity contribution is -0.147. The van der Waals surface area contributed by atoms with Crippen LogP contribution in [0.25, 0.3) is 0 Å². The second-order valence-electron chi connectivity index (χ2n) is 5.31. The fourth-order valence-corrected chi connectivity index (χ4v) is 3.18. The van der Waals surface area contributed by atoms with Crippen molar-refractivity contribution in [1.29, 1.82) is 0 Å². The molecule has 3 fully saturated rings. The SMILES string of the molecule is O=C(O)C1COCC1N1CC2(CCC2)C1. The molecule has 1 spiro atoms. The molecule has 4 nitrogen and oxygen atoms in total. The molecule has 84 valence electrons. The van der Waals surface area contributed by atoms with E-state index >= 15 is 0 Å². The summed E-state index contributed by atoms with van der Waals surface area (Å²) in [6.07, 6.45) is 4.04. The third-order valence-corrected chi connectivity index (χ3v) is 4.33. The normalized spacial score (nSPS) is 38.7. The summed E-state index contributed by atoms with van der Waals surface area (Å²) >= 11 is 0. The zero-order chi connectivity index (χ0) is 10.5. The maximum atomic E-state index is 11.0. The van der Waals surface area contributed by atoms with Crippen molar-refractivity contribution in [3.8, 4) is 0 Å². The Hall–Kier alpha value is -0.610. The summed E-state index contributed by atoms with van der Waals surface area (Å²) < 4.78 is 5.29. The topological polar surface area (TPSA) is 49.8 Å². The Labute approximate surface area is 89.2 Å². The van der Waals surface area contributed by atoms with Crippen LogP contribution in [-0.4, -0.2) is 48.3 Å². The molecule has 4 heteroatoms. The number of nitrogens with zero attached hydrogens (tertiary/aromatic N) is 1. The highest BCUT2D eigenvalue weighted by Gasteiger charge is 2.52. The maximum Gasteiger partial charge on any atom is 0.310 e.